The van der Waals surface area contributed by atoms with Gasteiger partial charge < -0.3 is 15.0 Å². The van der Waals surface area contributed by atoms with Crippen LogP contribution >= 0.6 is 0 Å². The van der Waals surface area contributed by atoms with Crippen LogP contribution in [0.2, 0.25) is 0 Å². The highest BCUT2D eigenvalue weighted by molar-refractivity contribution is 6.77. The standard InChI is InChI=1S/C5H10B3N3/c1-3-5-11-7-9-6-10-8(11)4-2/h3-4,9-10H,1-2,5H2. The average Bonchev–Trinajstić information content (AvgIpc) is 2.06. The van der Waals surface area contributed by atoms with E-state index < -0.39 is 0 Å². The summed E-state index contributed by atoms with van der Waals surface area (Å²) in [6, 6.07) is 0. The molecule has 1 heterocycles. The Balaban J connectivity index is 2.43. The first-order valence-electron chi connectivity index (χ1n) is 3.55. The van der Waals surface area contributed by atoms with Crippen LogP contribution in [0.1, 0.15) is 0 Å². The van der Waals surface area contributed by atoms with E-state index in [1.165, 1.54) is 0 Å². The molecule has 0 saturated carbocycles. The summed E-state index contributed by atoms with van der Waals surface area (Å²) in [5.41, 5.74) is 0. The van der Waals surface area contributed by atoms with Crippen molar-refractivity contribution in [3.05, 3.63) is 25.2 Å². The summed E-state index contributed by atoms with van der Waals surface area (Å²) in [5, 5.41) is 6.05. The molecule has 1 saturated heterocycles. The van der Waals surface area contributed by atoms with E-state index >= 15 is 0 Å². The van der Waals surface area contributed by atoms with E-state index in [2.05, 4.69) is 28.2 Å². The average molecular weight is 145 g/mol. The van der Waals surface area contributed by atoms with Crippen molar-refractivity contribution in [1.29, 1.82) is 0 Å². The van der Waals surface area contributed by atoms with Crippen molar-refractivity contribution in [2.24, 2.45) is 0 Å². The molecule has 54 valence electrons. The Labute approximate surface area is 69.6 Å². The first-order chi connectivity index (χ1) is 5.38. The third kappa shape index (κ3) is 2.25. The molecule has 0 spiro atoms. The summed E-state index contributed by atoms with van der Waals surface area (Å²) >= 11 is 0. The molecule has 11 heavy (non-hydrogen) atoms. The number of nitrogens with one attached hydrogen (secondary N) is 2. The van der Waals surface area contributed by atoms with Gasteiger partial charge in [0.25, 0.3) is 15.1 Å². The topological polar surface area (TPSA) is 27.3 Å². The number of hydrogen-bond donors (Lipinski definition) is 2. The molecule has 0 atom stereocenters. The number of nitrogens with zero attached hydrogens (tertiary/aromatic N) is 1. The second-order valence-electron chi connectivity index (χ2n) is 2.27. The van der Waals surface area contributed by atoms with Gasteiger partial charge in [-0.15, -0.1) is 13.2 Å². The second kappa shape index (κ2) is 4.44. The zero-order valence-electron chi connectivity index (χ0n) is 6.46. The van der Waals surface area contributed by atoms with Crippen LogP contribution in [0.3, 0.4) is 0 Å². The molecule has 0 aliphatic carbocycles. The molecule has 1 aliphatic rings. The van der Waals surface area contributed by atoms with Crippen LogP contribution in [0.5, 0.6) is 0 Å². The summed E-state index contributed by atoms with van der Waals surface area (Å²) in [6.45, 7) is 8.36. The van der Waals surface area contributed by atoms with Crippen molar-refractivity contribution in [3.63, 3.8) is 0 Å². The van der Waals surface area contributed by atoms with Crippen LogP contribution in [0.4, 0.5) is 0 Å². The van der Waals surface area contributed by atoms with E-state index in [-0.39, 0.29) is 6.98 Å². The van der Waals surface area contributed by atoms with Gasteiger partial charge in [-0.05, 0) is 6.54 Å². The van der Waals surface area contributed by atoms with Gasteiger partial charge in [0, 0.05) is 0 Å². The Kier molecular flexibility index (Phi) is 3.49. The highest BCUT2D eigenvalue weighted by Crippen LogP contribution is 1.92. The minimum absolute atomic E-state index is 0.175. The predicted molar refractivity (Wildman–Crippen MR) is 50.6 cm³/mol. The molecule has 0 aromatic heterocycles. The summed E-state index contributed by atoms with van der Waals surface area (Å²) < 4.78 is 2.06. The van der Waals surface area contributed by atoms with Gasteiger partial charge in [-0.2, -0.15) is 0 Å². The van der Waals surface area contributed by atoms with Crippen LogP contribution in [-0.2, 0) is 0 Å². The lowest BCUT2D eigenvalue weighted by Crippen LogP contribution is -2.64. The molecule has 0 unspecified atom stereocenters. The fourth-order valence-electron chi connectivity index (χ4n) is 0.961. The van der Waals surface area contributed by atoms with Crippen LogP contribution in [-0.4, -0.2) is 33.3 Å². The minimum Gasteiger partial charge on any atom is -0.379 e. The van der Waals surface area contributed by atoms with Gasteiger partial charge in [0.2, 0.25) is 0 Å². The van der Waals surface area contributed by atoms with Crippen LogP contribution < -0.4 is 10.3 Å². The van der Waals surface area contributed by atoms with Crippen molar-refractivity contribution >= 4 is 22.1 Å². The van der Waals surface area contributed by atoms with Gasteiger partial charge in [0.1, 0.15) is 0 Å². The van der Waals surface area contributed by atoms with E-state index in [4.69, 9.17) is 0 Å². The third-order valence-corrected chi connectivity index (χ3v) is 1.50. The maximum absolute atomic E-state index is 3.71. The van der Waals surface area contributed by atoms with Gasteiger partial charge >= 0.3 is 6.98 Å². The van der Waals surface area contributed by atoms with Gasteiger partial charge in [0.15, 0.2) is 0 Å². The molecule has 0 bridgehead atoms. The third-order valence-electron chi connectivity index (χ3n) is 1.50. The van der Waals surface area contributed by atoms with Crippen molar-refractivity contribution in [3.8, 4) is 0 Å². The van der Waals surface area contributed by atoms with Gasteiger partial charge in [-0.3, -0.25) is 0 Å². The summed E-state index contributed by atoms with van der Waals surface area (Å²) in [7, 11) is 3.68. The van der Waals surface area contributed by atoms with Crippen molar-refractivity contribution in [2.45, 2.75) is 0 Å². The quantitative estimate of drug-likeness (QED) is 0.391. The second-order valence-corrected chi connectivity index (χ2v) is 2.27. The Morgan fingerprint density at radius 2 is 2.36 bits per heavy atom. The Bertz CT molecular complexity index is 152. The van der Waals surface area contributed by atoms with Gasteiger partial charge in [-0.25, -0.2) is 0 Å². The molecule has 3 nitrogen and oxygen atoms in total. The van der Waals surface area contributed by atoms with E-state index in [0.717, 1.165) is 6.54 Å². The molecular formula is C5H10B3N3. The van der Waals surface area contributed by atoms with Crippen LogP contribution in [0, 0.1) is 0 Å². The van der Waals surface area contributed by atoms with E-state index in [1.807, 2.05) is 19.6 Å². The lowest BCUT2D eigenvalue weighted by Gasteiger charge is -2.30. The lowest BCUT2D eigenvalue weighted by atomic mass is 9.62. The largest absolute Gasteiger partial charge is 0.379 e. The fourth-order valence-corrected chi connectivity index (χ4v) is 0.961. The Hall–Kier alpha value is -0.445. The number of rotatable bonds is 3. The summed E-state index contributed by atoms with van der Waals surface area (Å²) in [5.74, 6) is 1.84. The normalized spacial score (nSPS) is 18.4. The molecule has 6 heteroatoms. The van der Waals surface area contributed by atoms with Crippen LogP contribution in [0.25, 0.3) is 0 Å². The molecular weight excluding hydrogens is 135 g/mol. The van der Waals surface area contributed by atoms with E-state index in [9.17, 15) is 0 Å². The van der Waals surface area contributed by atoms with Crippen LogP contribution in [0.15, 0.2) is 25.2 Å². The molecule has 2 N–H and O–H groups in total. The van der Waals surface area contributed by atoms with Gasteiger partial charge in [-0.1, -0.05) is 12.1 Å². The van der Waals surface area contributed by atoms with Crippen molar-refractivity contribution in [1.82, 2.24) is 15.0 Å². The first kappa shape index (κ1) is 8.65. The van der Waals surface area contributed by atoms with Crippen molar-refractivity contribution in [2.75, 3.05) is 6.54 Å². The predicted octanol–water partition coefficient (Wildman–Crippen LogP) is -1.05. The molecule has 0 amide bonds. The van der Waals surface area contributed by atoms with E-state index in [1.54, 1.807) is 7.55 Å². The fraction of sp³-hybridized carbons (Fsp3) is 0.200. The monoisotopic (exact) mass is 145 g/mol. The Morgan fingerprint density at radius 1 is 1.55 bits per heavy atom. The minimum atomic E-state index is 0.175. The Morgan fingerprint density at radius 3 is 3.00 bits per heavy atom. The first-order valence-corrected chi connectivity index (χ1v) is 3.55. The smallest absolute Gasteiger partial charge is 0.314 e. The number of hydrogen-bond acceptors (Lipinski definition) is 3. The maximum Gasteiger partial charge on any atom is 0.314 e. The lowest BCUT2D eigenvalue weighted by molar-refractivity contribution is 0.720. The molecule has 1 fully saturated rings. The van der Waals surface area contributed by atoms with E-state index in [0.29, 0.717) is 0 Å². The van der Waals surface area contributed by atoms with Gasteiger partial charge in [0.05, 0.1) is 0 Å². The highest BCUT2D eigenvalue weighted by Gasteiger charge is 2.23. The molecule has 2 radical (unpaired) electrons. The van der Waals surface area contributed by atoms with Crippen molar-refractivity contribution < 1.29 is 0 Å². The molecule has 0 aromatic rings. The summed E-state index contributed by atoms with van der Waals surface area (Å²) in [6.07, 6.45) is 1.85. The highest BCUT2D eigenvalue weighted by atomic mass is 15.1. The molecule has 0 aromatic carbocycles. The zero-order valence-corrected chi connectivity index (χ0v) is 6.46. The SMILES string of the molecule is C=CCN1[B]N[B]NB1C=C. The maximum atomic E-state index is 3.71. The molecule has 1 aliphatic heterocycles. The zero-order chi connectivity index (χ0) is 8.10. The summed E-state index contributed by atoms with van der Waals surface area (Å²) in [4.78, 5) is 0. The molecule has 1 rings (SSSR count).